The molecule has 0 spiro atoms. The lowest BCUT2D eigenvalue weighted by Crippen LogP contribution is -2.61. The molecule has 0 bridgehead atoms. The van der Waals surface area contributed by atoms with Crippen LogP contribution in [0.1, 0.15) is 80.2 Å². The zero-order chi connectivity index (χ0) is 45.9. The molecule has 1 aliphatic heterocycles. The molecule has 0 radical (unpaired) electrons. The summed E-state index contributed by atoms with van der Waals surface area (Å²) in [5.74, 6) is -5.04. The standard InChI is InChI=1S/C41H64FN7O10S/c1-22(2)28(48(10)37(55)33(40(4,5)6)47-35(53)32(44-9)41(7,8)24-12-11-13-25(42)19-24)18-23(3)34(52)46-27(39(58)59)14-15-30(50)45-16-17-49-31(51)20-29(36(49)54)60-21-26(43)38(56)57/h11-13,18-19,22,26-29,32-33,39,44,58-59H,14-17,20-21,43H2,1-10H3,(H,45,50)(H,46,52)(H,47,53)(H,56,57)/b23-18+/t26-,27+,28+,29?,32+,33+/m0/s1. The van der Waals surface area contributed by atoms with E-state index in [-0.39, 0.29) is 49.6 Å². The number of amides is 6. The van der Waals surface area contributed by atoms with Gasteiger partial charge in [-0.3, -0.25) is 38.5 Å². The summed E-state index contributed by atoms with van der Waals surface area (Å²) in [4.78, 5) is 92.5. The van der Waals surface area contributed by atoms with Gasteiger partial charge in [0.05, 0.1) is 23.4 Å². The number of carbonyl (C=O) groups excluding carboxylic acids is 6. The molecule has 60 heavy (non-hydrogen) atoms. The summed E-state index contributed by atoms with van der Waals surface area (Å²) in [6.07, 6.45) is -1.02. The summed E-state index contributed by atoms with van der Waals surface area (Å²) in [5, 5.41) is 39.3. The third kappa shape index (κ3) is 14.4. The summed E-state index contributed by atoms with van der Waals surface area (Å²) >= 11 is 0.976. The van der Waals surface area contributed by atoms with Crippen LogP contribution in [0.2, 0.25) is 0 Å². The van der Waals surface area contributed by atoms with Gasteiger partial charge in [-0.25, -0.2) is 4.39 Å². The number of aliphatic carboxylic acids is 1. The second kappa shape index (κ2) is 22.4. The largest absolute Gasteiger partial charge is 0.480 e. The predicted octanol–water partition coefficient (Wildman–Crippen LogP) is 0.616. The first kappa shape index (κ1) is 51.7. The van der Waals surface area contributed by atoms with E-state index in [4.69, 9.17) is 10.8 Å². The highest BCUT2D eigenvalue weighted by molar-refractivity contribution is 8.00. The van der Waals surface area contributed by atoms with Crippen LogP contribution in [0.5, 0.6) is 0 Å². The van der Waals surface area contributed by atoms with E-state index >= 15 is 0 Å². The summed E-state index contributed by atoms with van der Waals surface area (Å²) in [5.41, 5.74) is 4.58. The SMILES string of the molecule is CN[C@H](C(=O)N[C@H](C(=O)N(C)[C@H](/C=C(\C)C(=O)N[C@H](CCC(=O)NCCN1C(=O)CC(SC[C@H](N)C(=O)O)C1=O)C(O)O)C(C)C)C(C)(C)C)C(C)(C)c1cccc(F)c1. The normalized spacial score (nSPS) is 17.6. The van der Waals surface area contributed by atoms with Crippen molar-refractivity contribution < 1.29 is 53.3 Å². The van der Waals surface area contributed by atoms with Gasteiger partial charge in [-0.05, 0) is 49.4 Å². The number of likely N-dealkylation sites (tertiary alicyclic amines) is 1. The highest BCUT2D eigenvalue weighted by Gasteiger charge is 2.42. The number of nitrogens with two attached hydrogens (primary N) is 1. The summed E-state index contributed by atoms with van der Waals surface area (Å²) in [7, 11) is 3.18. The zero-order valence-electron chi connectivity index (χ0n) is 36.2. The second-order valence-corrected chi connectivity index (χ2v) is 18.3. The Labute approximate surface area is 355 Å². The summed E-state index contributed by atoms with van der Waals surface area (Å²) in [6.45, 7) is 14.0. The average Bonchev–Trinajstić information content (AvgIpc) is 3.42. The number of carbonyl (C=O) groups is 7. The number of benzene rings is 1. The number of carboxylic acid groups (broad SMARTS) is 1. The van der Waals surface area contributed by atoms with Crippen molar-refractivity contribution in [3.8, 4) is 0 Å². The number of hydrogen-bond acceptors (Lipinski definition) is 12. The predicted molar refractivity (Wildman–Crippen MR) is 224 cm³/mol. The maximum atomic E-state index is 14.2. The molecular formula is C41H64FN7O10S. The number of nitrogens with zero attached hydrogens (tertiary/aromatic N) is 2. The van der Waals surface area contributed by atoms with E-state index in [0.717, 1.165) is 16.7 Å². The van der Waals surface area contributed by atoms with E-state index < -0.39 is 99.8 Å². The van der Waals surface area contributed by atoms with Gasteiger partial charge in [0.25, 0.3) is 0 Å². The Morgan fingerprint density at radius 2 is 1.70 bits per heavy atom. The smallest absolute Gasteiger partial charge is 0.321 e. The first-order valence-corrected chi connectivity index (χ1v) is 20.9. The number of thioether (sulfide) groups is 1. The van der Waals surface area contributed by atoms with Gasteiger partial charge in [-0.2, -0.15) is 0 Å². The molecule has 6 amide bonds. The van der Waals surface area contributed by atoms with Crippen LogP contribution in [-0.4, -0.2) is 141 Å². The van der Waals surface area contributed by atoms with Crippen molar-refractivity contribution in [2.24, 2.45) is 17.1 Å². The first-order chi connectivity index (χ1) is 27.7. The number of nitrogens with one attached hydrogen (secondary N) is 4. The molecular weight excluding hydrogens is 802 g/mol. The van der Waals surface area contributed by atoms with Crippen molar-refractivity contribution in [1.29, 1.82) is 0 Å². The number of likely N-dealkylation sites (N-methyl/N-ethyl adjacent to an activating group) is 2. The van der Waals surface area contributed by atoms with Gasteiger partial charge < -0.3 is 47.2 Å². The van der Waals surface area contributed by atoms with Gasteiger partial charge in [-0.15, -0.1) is 11.8 Å². The number of imide groups is 1. The van der Waals surface area contributed by atoms with Crippen molar-refractivity contribution in [2.75, 3.05) is 32.9 Å². The molecule has 6 atom stereocenters. The number of halogens is 1. The van der Waals surface area contributed by atoms with Crippen molar-refractivity contribution in [2.45, 2.75) is 122 Å². The molecule has 336 valence electrons. The molecule has 1 unspecified atom stereocenters. The van der Waals surface area contributed by atoms with Crippen LogP contribution in [0.15, 0.2) is 35.9 Å². The second-order valence-electron chi connectivity index (χ2n) is 17.0. The van der Waals surface area contributed by atoms with Gasteiger partial charge in [0, 0.05) is 49.7 Å². The lowest BCUT2D eigenvalue weighted by atomic mass is 9.76. The minimum Gasteiger partial charge on any atom is -0.480 e. The van der Waals surface area contributed by atoms with E-state index in [2.05, 4.69) is 21.3 Å². The first-order valence-electron chi connectivity index (χ1n) is 19.8. The molecule has 1 heterocycles. The Morgan fingerprint density at radius 1 is 1.07 bits per heavy atom. The van der Waals surface area contributed by atoms with Gasteiger partial charge in [0.1, 0.15) is 17.9 Å². The molecule has 0 aromatic heterocycles. The Bertz CT molecular complexity index is 1750. The maximum absolute atomic E-state index is 14.2. The van der Waals surface area contributed by atoms with Crippen molar-refractivity contribution in [3.05, 3.63) is 47.3 Å². The van der Waals surface area contributed by atoms with Crippen LogP contribution >= 0.6 is 11.8 Å². The van der Waals surface area contributed by atoms with E-state index in [9.17, 15) is 48.2 Å². The topological polar surface area (TPSA) is 261 Å². The third-order valence-corrected chi connectivity index (χ3v) is 11.8. The molecule has 1 aromatic carbocycles. The molecule has 1 fully saturated rings. The average molecular weight is 866 g/mol. The Morgan fingerprint density at radius 3 is 2.23 bits per heavy atom. The van der Waals surface area contributed by atoms with Crippen molar-refractivity contribution in [1.82, 2.24) is 31.1 Å². The van der Waals surface area contributed by atoms with Crippen LogP contribution in [-0.2, 0) is 39.0 Å². The Kier molecular flexibility index (Phi) is 19.3. The molecule has 9 N–H and O–H groups in total. The molecule has 17 nitrogen and oxygen atoms in total. The van der Waals surface area contributed by atoms with Crippen LogP contribution in [0, 0.1) is 17.2 Å². The highest BCUT2D eigenvalue weighted by atomic mass is 32.2. The quantitative estimate of drug-likeness (QED) is 0.0452. The van der Waals surface area contributed by atoms with Gasteiger partial charge >= 0.3 is 5.97 Å². The van der Waals surface area contributed by atoms with Gasteiger partial charge in [0.2, 0.25) is 35.4 Å². The van der Waals surface area contributed by atoms with Crippen LogP contribution in [0.4, 0.5) is 4.39 Å². The zero-order valence-corrected chi connectivity index (χ0v) is 37.0. The maximum Gasteiger partial charge on any atom is 0.321 e. The van der Waals surface area contributed by atoms with Crippen molar-refractivity contribution >= 4 is 53.2 Å². The fourth-order valence-electron chi connectivity index (χ4n) is 6.75. The minimum absolute atomic E-state index is 0.0555. The van der Waals surface area contributed by atoms with Crippen LogP contribution in [0.25, 0.3) is 0 Å². The molecule has 0 aliphatic carbocycles. The number of carboxylic acids is 1. The molecule has 1 aliphatic rings. The molecule has 1 saturated heterocycles. The van der Waals surface area contributed by atoms with Gasteiger partial charge in [0.15, 0.2) is 6.29 Å². The molecule has 0 saturated carbocycles. The Hall–Kier alpha value is -4.43. The minimum atomic E-state index is -2.04. The number of aliphatic hydroxyl groups excluding tert-OH is 1. The van der Waals surface area contributed by atoms with E-state index in [0.29, 0.717) is 5.56 Å². The molecule has 2 rings (SSSR count). The monoisotopic (exact) mass is 865 g/mol. The van der Waals surface area contributed by atoms with Crippen molar-refractivity contribution in [3.63, 3.8) is 0 Å². The lowest BCUT2D eigenvalue weighted by molar-refractivity contribution is -0.141. The third-order valence-electron chi connectivity index (χ3n) is 10.5. The van der Waals surface area contributed by atoms with E-state index in [1.165, 1.54) is 24.0 Å². The number of aliphatic hydroxyl groups is 2. The van der Waals surface area contributed by atoms with Crippen LogP contribution < -0.4 is 27.0 Å². The highest BCUT2D eigenvalue weighted by Crippen LogP contribution is 2.30. The van der Waals surface area contributed by atoms with Crippen LogP contribution in [0.3, 0.4) is 0 Å². The lowest BCUT2D eigenvalue weighted by Gasteiger charge is -2.40. The molecule has 1 aromatic rings. The van der Waals surface area contributed by atoms with Gasteiger partial charge in [-0.1, -0.05) is 66.7 Å². The fraction of sp³-hybridized carbons (Fsp3) is 0.634. The number of rotatable bonds is 22. The summed E-state index contributed by atoms with van der Waals surface area (Å²) in [6, 6.07) is 1.02. The van der Waals surface area contributed by atoms with E-state index in [1.54, 1.807) is 46.2 Å². The number of hydrogen-bond donors (Lipinski definition) is 8. The van der Waals surface area contributed by atoms with E-state index in [1.807, 2.05) is 34.6 Å². The summed E-state index contributed by atoms with van der Waals surface area (Å²) < 4.78 is 14.2. The molecule has 19 heteroatoms. The fourth-order valence-corrected chi connectivity index (χ4v) is 7.87. The Balaban J connectivity index is 2.08.